The molecule has 2 amide bonds. The topological polar surface area (TPSA) is 116 Å². The van der Waals surface area contributed by atoms with E-state index in [0.717, 1.165) is 22.6 Å². The lowest BCUT2D eigenvalue weighted by Gasteiger charge is -2.16. The number of nitrogens with one attached hydrogen (secondary N) is 1. The fourth-order valence-corrected chi connectivity index (χ4v) is 5.69. The number of hydrogen-bond donors (Lipinski definition) is 1. The number of amides is 2. The van der Waals surface area contributed by atoms with Crippen LogP contribution in [-0.2, 0) is 16.1 Å². The van der Waals surface area contributed by atoms with Gasteiger partial charge in [-0.05, 0) is 56.5 Å². The number of carbonyl (C=O) groups excluding carboxylic acids is 3. The first-order valence-corrected chi connectivity index (χ1v) is 13.9. The second-order valence-corrected chi connectivity index (χ2v) is 11.0. The van der Waals surface area contributed by atoms with Gasteiger partial charge in [-0.1, -0.05) is 23.9 Å². The van der Waals surface area contributed by atoms with Crippen LogP contribution in [-0.4, -0.2) is 64.4 Å². The number of allylic oxidation sites excluding steroid dienone is 1. The summed E-state index contributed by atoms with van der Waals surface area (Å²) in [6, 6.07) is 5.90. The number of ether oxygens (including phenoxy) is 2. The number of anilines is 1. The molecule has 208 valence electrons. The largest absolute Gasteiger partial charge is 0.483 e. The highest BCUT2D eigenvalue weighted by atomic mass is 32.2. The third kappa shape index (κ3) is 6.87. The maximum atomic E-state index is 12.9. The number of benzene rings is 1. The molecular weight excluding hydrogens is 538 g/mol. The molecule has 12 heteroatoms. The Bertz CT molecular complexity index is 1400. The number of thiophene rings is 1. The first-order chi connectivity index (χ1) is 18.5. The van der Waals surface area contributed by atoms with Crippen molar-refractivity contribution in [3.8, 4) is 5.75 Å². The van der Waals surface area contributed by atoms with Gasteiger partial charge < -0.3 is 19.7 Å². The van der Waals surface area contributed by atoms with E-state index in [4.69, 9.17) is 9.47 Å². The van der Waals surface area contributed by atoms with Crippen LogP contribution in [0.25, 0.3) is 0 Å². The Morgan fingerprint density at radius 3 is 2.54 bits per heavy atom. The summed E-state index contributed by atoms with van der Waals surface area (Å²) in [6.07, 6.45) is 1.33. The van der Waals surface area contributed by atoms with Crippen LogP contribution in [0.3, 0.4) is 0 Å². The fourth-order valence-electron chi connectivity index (χ4n) is 3.70. The van der Waals surface area contributed by atoms with Gasteiger partial charge in [-0.25, -0.2) is 4.79 Å². The fraction of sp³-hybridized carbons (Fsp3) is 0.370. The monoisotopic (exact) mass is 571 g/mol. The number of hydrogen-bond acceptors (Lipinski definition) is 9. The van der Waals surface area contributed by atoms with E-state index in [0.29, 0.717) is 28.0 Å². The molecule has 39 heavy (non-hydrogen) atoms. The Labute approximate surface area is 236 Å². The van der Waals surface area contributed by atoms with Crippen LogP contribution in [0.1, 0.15) is 55.6 Å². The molecule has 0 radical (unpaired) electrons. The van der Waals surface area contributed by atoms with E-state index in [9.17, 15) is 14.4 Å². The molecule has 3 rings (SSSR count). The molecule has 1 N–H and O–H groups in total. The lowest BCUT2D eigenvalue weighted by Crippen LogP contribution is -2.21. The molecule has 0 aliphatic carbocycles. The average Bonchev–Trinajstić information content (AvgIpc) is 3.44. The second-order valence-electron chi connectivity index (χ2n) is 9.03. The molecule has 10 nitrogen and oxygen atoms in total. The molecule has 0 fully saturated rings. The van der Waals surface area contributed by atoms with Gasteiger partial charge in [-0.15, -0.1) is 28.1 Å². The first-order valence-electron chi connectivity index (χ1n) is 12.1. The van der Waals surface area contributed by atoms with Gasteiger partial charge in [0, 0.05) is 20.6 Å². The van der Waals surface area contributed by atoms with E-state index in [1.165, 1.54) is 29.3 Å². The second kappa shape index (κ2) is 12.9. The van der Waals surface area contributed by atoms with Crippen molar-refractivity contribution in [1.82, 2.24) is 19.7 Å². The van der Waals surface area contributed by atoms with E-state index in [2.05, 4.69) is 22.1 Å². The molecule has 0 bridgehead atoms. The van der Waals surface area contributed by atoms with Crippen LogP contribution in [0.2, 0.25) is 0 Å². The highest BCUT2D eigenvalue weighted by Gasteiger charge is 2.27. The molecule has 1 atom stereocenters. The van der Waals surface area contributed by atoms with E-state index in [1.807, 2.05) is 43.5 Å². The number of thioether (sulfide) groups is 1. The molecule has 0 spiro atoms. The predicted molar refractivity (Wildman–Crippen MR) is 153 cm³/mol. The zero-order valence-corrected chi connectivity index (χ0v) is 24.8. The van der Waals surface area contributed by atoms with Crippen LogP contribution in [0.5, 0.6) is 5.75 Å². The zero-order valence-electron chi connectivity index (χ0n) is 23.2. The van der Waals surface area contributed by atoms with Gasteiger partial charge in [0.05, 0.1) is 23.3 Å². The molecule has 1 aromatic carbocycles. The van der Waals surface area contributed by atoms with Gasteiger partial charge in [0.15, 0.2) is 17.1 Å². The van der Waals surface area contributed by atoms with Crippen LogP contribution < -0.4 is 10.1 Å². The van der Waals surface area contributed by atoms with Crippen LogP contribution in [0.15, 0.2) is 36.0 Å². The van der Waals surface area contributed by atoms with Gasteiger partial charge in [0.25, 0.3) is 5.91 Å². The molecule has 0 saturated carbocycles. The third-order valence-corrected chi connectivity index (χ3v) is 8.10. The Kier molecular flexibility index (Phi) is 9.92. The van der Waals surface area contributed by atoms with Gasteiger partial charge in [-0.2, -0.15) is 0 Å². The van der Waals surface area contributed by atoms with Crippen molar-refractivity contribution in [1.29, 1.82) is 0 Å². The summed E-state index contributed by atoms with van der Waals surface area (Å²) in [6.45, 7) is 11.9. The van der Waals surface area contributed by atoms with Crippen molar-refractivity contribution in [2.45, 2.75) is 45.5 Å². The first kappa shape index (κ1) is 29.9. The number of carbonyl (C=O) groups is 3. The summed E-state index contributed by atoms with van der Waals surface area (Å²) in [5.41, 5.74) is 2.94. The smallest absolute Gasteiger partial charge is 0.341 e. The zero-order chi connectivity index (χ0) is 28.9. The minimum atomic E-state index is -0.627. The van der Waals surface area contributed by atoms with Gasteiger partial charge >= 0.3 is 5.97 Å². The predicted octanol–water partition coefficient (Wildman–Crippen LogP) is 4.81. The highest BCUT2D eigenvalue weighted by molar-refractivity contribution is 7.99. The quantitative estimate of drug-likeness (QED) is 0.198. The molecule has 3 aromatic rings. The molecule has 2 aromatic heterocycles. The minimum Gasteiger partial charge on any atom is -0.483 e. The van der Waals surface area contributed by atoms with Gasteiger partial charge in [0.2, 0.25) is 5.91 Å². The summed E-state index contributed by atoms with van der Waals surface area (Å²) >= 11 is 2.23. The van der Waals surface area contributed by atoms with E-state index in [1.54, 1.807) is 27.1 Å². The van der Waals surface area contributed by atoms with E-state index < -0.39 is 12.1 Å². The standard InChI is InChI=1S/C27H33N5O5S2/c1-9-12-32-23(18(5)37-19-11-10-15(2)16(3)13-19)29-30-27(32)38-14-20(33)28-24-21(26(35)36-8)17(4)22(39-24)25(34)31(6)7/h9-11,13,18H,1,12,14H2,2-8H3,(H,28,33). The molecular formula is C27H33N5O5S2. The summed E-state index contributed by atoms with van der Waals surface area (Å²) in [7, 11) is 4.49. The van der Waals surface area contributed by atoms with Crippen molar-refractivity contribution in [2.24, 2.45) is 0 Å². The van der Waals surface area contributed by atoms with Crippen molar-refractivity contribution < 1.29 is 23.9 Å². The maximum absolute atomic E-state index is 12.9. The van der Waals surface area contributed by atoms with Crippen molar-refractivity contribution >= 4 is 45.9 Å². The number of methoxy groups -OCH3 is 1. The average molecular weight is 572 g/mol. The van der Waals surface area contributed by atoms with Crippen molar-refractivity contribution in [3.63, 3.8) is 0 Å². The summed E-state index contributed by atoms with van der Waals surface area (Å²) in [5, 5.41) is 12.1. The molecule has 1 unspecified atom stereocenters. The normalized spacial score (nSPS) is 11.6. The lowest BCUT2D eigenvalue weighted by atomic mass is 10.1. The van der Waals surface area contributed by atoms with Gasteiger partial charge in [-0.3, -0.25) is 14.2 Å². The summed E-state index contributed by atoms with van der Waals surface area (Å²) in [5.74, 6) is 0.0644. The number of esters is 1. The Morgan fingerprint density at radius 2 is 1.92 bits per heavy atom. The molecule has 0 aliphatic rings. The number of aryl methyl sites for hydroxylation is 2. The SMILES string of the molecule is C=CCn1c(SCC(=O)Nc2sc(C(=O)N(C)C)c(C)c2C(=O)OC)nnc1C(C)Oc1ccc(C)c(C)c1. The third-order valence-electron chi connectivity index (χ3n) is 5.93. The minimum absolute atomic E-state index is 0.00378. The van der Waals surface area contributed by atoms with Crippen molar-refractivity contribution in [3.05, 3.63) is 63.8 Å². The number of nitrogens with zero attached hydrogens (tertiary/aromatic N) is 4. The van der Waals surface area contributed by atoms with E-state index in [-0.39, 0.29) is 28.1 Å². The van der Waals surface area contributed by atoms with Gasteiger partial charge in [0.1, 0.15) is 10.8 Å². The van der Waals surface area contributed by atoms with Crippen molar-refractivity contribution in [2.75, 3.05) is 32.3 Å². The molecule has 0 saturated heterocycles. The number of aromatic nitrogens is 3. The Morgan fingerprint density at radius 1 is 1.21 bits per heavy atom. The number of rotatable bonds is 11. The Hall–Kier alpha value is -3.64. The highest BCUT2D eigenvalue weighted by Crippen LogP contribution is 2.35. The van der Waals surface area contributed by atoms with Crippen LogP contribution in [0, 0.1) is 20.8 Å². The summed E-state index contributed by atoms with van der Waals surface area (Å²) < 4.78 is 12.9. The molecule has 2 heterocycles. The molecule has 0 aliphatic heterocycles. The van der Waals surface area contributed by atoms with Crippen LogP contribution >= 0.6 is 23.1 Å². The maximum Gasteiger partial charge on any atom is 0.341 e. The lowest BCUT2D eigenvalue weighted by molar-refractivity contribution is -0.113. The van der Waals surface area contributed by atoms with Crippen LogP contribution in [0.4, 0.5) is 5.00 Å². The Balaban J connectivity index is 1.76. The summed E-state index contributed by atoms with van der Waals surface area (Å²) in [4.78, 5) is 39.7. The van der Waals surface area contributed by atoms with E-state index >= 15 is 0 Å².